The van der Waals surface area contributed by atoms with E-state index in [1.165, 1.54) is 5.56 Å². The summed E-state index contributed by atoms with van der Waals surface area (Å²) in [6.07, 6.45) is 2.35. The van der Waals surface area contributed by atoms with Gasteiger partial charge in [0.25, 0.3) is 0 Å². The third-order valence-corrected chi connectivity index (χ3v) is 2.76. The lowest BCUT2D eigenvalue weighted by Gasteiger charge is -2.24. The number of hydrogen-bond acceptors (Lipinski definition) is 2. The first kappa shape index (κ1) is 11.2. The highest BCUT2D eigenvalue weighted by molar-refractivity contribution is 5.15. The number of benzene rings is 1. The molecule has 1 aromatic carbocycles. The largest absolute Gasteiger partial charge is 0.389 e. The zero-order valence-corrected chi connectivity index (χ0v) is 8.74. The lowest BCUT2D eigenvalue weighted by Crippen LogP contribution is -2.37. The Morgan fingerprint density at radius 1 is 1.29 bits per heavy atom. The van der Waals surface area contributed by atoms with E-state index >= 15 is 0 Å². The zero-order chi connectivity index (χ0) is 10.4. The van der Waals surface area contributed by atoms with Gasteiger partial charge in [-0.1, -0.05) is 37.3 Å². The summed E-state index contributed by atoms with van der Waals surface area (Å²) in [5.41, 5.74) is 6.10. The van der Waals surface area contributed by atoms with Crippen molar-refractivity contribution in [3.05, 3.63) is 35.9 Å². The molecule has 0 radical (unpaired) electrons. The molecule has 1 aromatic rings. The number of hydrogen-bond donors (Lipinski definition) is 2. The maximum atomic E-state index is 9.97. The molecular formula is C12H19NO. The van der Waals surface area contributed by atoms with E-state index in [9.17, 15) is 5.11 Å². The molecule has 0 aromatic heterocycles. The van der Waals surface area contributed by atoms with Crippen LogP contribution in [-0.4, -0.2) is 17.3 Å². The van der Waals surface area contributed by atoms with Crippen LogP contribution in [0.3, 0.4) is 0 Å². The van der Waals surface area contributed by atoms with Crippen molar-refractivity contribution in [2.45, 2.75) is 31.8 Å². The standard InChI is InChI=1S/C12H19NO/c1-2-12(14,10-13)9-8-11-6-4-3-5-7-11/h3-7,14H,2,8-10,13H2,1H3. The van der Waals surface area contributed by atoms with E-state index in [1.54, 1.807) is 0 Å². The Hall–Kier alpha value is -0.860. The van der Waals surface area contributed by atoms with Gasteiger partial charge in [0, 0.05) is 6.54 Å². The minimum Gasteiger partial charge on any atom is -0.389 e. The molecular weight excluding hydrogens is 174 g/mol. The van der Waals surface area contributed by atoms with Crippen LogP contribution in [0.2, 0.25) is 0 Å². The lowest BCUT2D eigenvalue weighted by atomic mass is 9.92. The molecule has 0 bridgehead atoms. The van der Waals surface area contributed by atoms with Crippen LogP contribution in [0.1, 0.15) is 25.3 Å². The molecule has 2 nitrogen and oxygen atoms in total. The molecule has 1 unspecified atom stereocenters. The summed E-state index contributed by atoms with van der Waals surface area (Å²) in [6.45, 7) is 2.31. The second-order valence-corrected chi connectivity index (χ2v) is 3.77. The van der Waals surface area contributed by atoms with Crippen LogP contribution in [0.15, 0.2) is 30.3 Å². The smallest absolute Gasteiger partial charge is 0.0770 e. The van der Waals surface area contributed by atoms with Gasteiger partial charge in [-0.15, -0.1) is 0 Å². The van der Waals surface area contributed by atoms with Gasteiger partial charge < -0.3 is 10.8 Å². The van der Waals surface area contributed by atoms with Crippen molar-refractivity contribution < 1.29 is 5.11 Å². The molecule has 3 N–H and O–H groups in total. The average Bonchev–Trinajstić information content (AvgIpc) is 2.27. The van der Waals surface area contributed by atoms with E-state index in [0.717, 1.165) is 19.3 Å². The van der Waals surface area contributed by atoms with Crippen LogP contribution in [0.4, 0.5) is 0 Å². The van der Waals surface area contributed by atoms with Crippen molar-refractivity contribution in [2.24, 2.45) is 5.73 Å². The van der Waals surface area contributed by atoms with Gasteiger partial charge in [-0.25, -0.2) is 0 Å². The summed E-state index contributed by atoms with van der Waals surface area (Å²) in [7, 11) is 0. The highest BCUT2D eigenvalue weighted by atomic mass is 16.3. The number of aliphatic hydroxyl groups is 1. The van der Waals surface area contributed by atoms with Gasteiger partial charge >= 0.3 is 0 Å². The Balaban J connectivity index is 2.48. The Bertz CT molecular complexity index is 254. The van der Waals surface area contributed by atoms with E-state index in [4.69, 9.17) is 5.73 Å². The Kier molecular flexibility index (Phi) is 4.11. The topological polar surface area (TPSA) is 46.2 Å². The maximum Gasteiger partial charge on any atom is 0.0770 e. The van der Waals surface area contributed by atoms with Crippen molar-refractivity contribution in [3.63, 3.8) is 0 Å². The minimum atomic E-state index is -0.685. The van der Waals surface area contributed by atoms with Gasteiger partial charge in [0.2, 0.25) is 0 Å². The fraction of sp³-hybridized carbons (Fsp3) is 0.500. The zero-order valence-electron chi connectivity index (χ0n) is 8.74. The van der Waals surface area contributed by atoms with Crippen molar-refractivity contribution in [3.8, 4) is 0 Å². The average molecular weight is 193 g/mol. The number of rotatable bonds is 5. The quantitative estimate of drug-likeness (QED) is 0.748. The SMILES string of the molecule is CCC(O)(CN)CCc1ccccc1. The molecule has 78 valence electrons. The highest BCUT2D eigenvalue weighted by Gasteiger charge is 2.21. The van der Waals surface area contributed by atoms with Crippen LogP contribution < -0.4 is 5.73 Å². The lowest BCUT2D eigenvalue weighted by molar-refractivity contribution is 0.0367. The first-order valence-electron chi connectivity index (χ1n) is 5.16. The van der Waals surface area contributed by atoms with Gasteiger partial charge in [0.1, 0.15) is 0 Å². The van der Waals surface area contributed by atoms with Gasteiger partial charge in [0.15, 0.2) is 0 Å². The van der Waals surface area contributed by atoms with E-state index in [2.05, 4.69) is 12.1 Å². The van der Waals surface area contributed by atoms with E-state index in [0.29, 0.717) is 6.54 Å². The van der Waals surface area contributed by atoms with Crippen LogP contribution in [0.25, 0.3) is 0 Å². The van der Waals surface area contributed by atoms with Crippen molar-refractivity contribution in [1.82, 2.24) is 0 Å². The summed E-state index contributed by atoms with van der Waals surface area (Å²) in [5.74, 6) is 0. The minimum absolute atomic E-state index is 0.344. The second kappa shape index (κ2) is 5.13. The molecule has 0 saturated heterocycles. The van der Waals surface area contributed by atoms with E-state index < -0.39 is 5.60 Å². The second-order valence-electron chi connectivity index (χ2n) is 3.77. The fourth-order valence-electron chi connectivity index (χ4n) is 1.44. The van der Waals surface area contributed by atoms with Crippen molar-refractivity contribution in [1.29, 1.82) is 0 Å². The molecule has 0 saturated carbocycles. The maximum absolute atomic E-state index is 9.97. The van der Waals surface area contributed by atoms with Crippen LogP contribution in [-0.2, 0) is 6.42 Å². The van der Waals surface area contributed by atoms with E-state index in [1.807, 2.05) is 25.1 Å². The monoisotopic (exact) mass is 193 g/mol. The third-order valence-electron chi connectivity index (χ3n) is 2.76. The normalized spacial score (nSPS) is 15.1. The molecule has 0 aliphatic heterocycles. The molecule has 0 aliphatic carbocycles. The van der Waals surface area contributed by atoms with Gasteiger partial charge in [-0.3, -0.25) is 0 Å². The van der Waals surface area contributed by atoms with Gasteiger partial charge in [0.05, 0.1) is 5.60 Å². The van der Waals surface area contributed by atoms with E-state index in [-0.39, 0.29) is 0 Å². The first-order chi connectivity index (χ1) is 6.70. The first-order valence-corrected chi connectivity index (χ1v) is 5.16. The molecule has 2 heteroatoms. The third kappa shape index (κ3) is 3.13. The number of nitrogens with two attached hydrogens (primary N) is 1. The summed E-state index contributed by atoms with van der Waals surface area (Å²) >= 11 is 0. The Labute approximate surface area is 85.8 Å². The summed E-state index contributed by atoms with van der Waals surface area (Å²) in [5, 5.41) is 9.97. The Morgan fingerprint density at radius 3 is 2.43 bits per heavy atom. The van der Waals surface area contributed by atoms with Gasteiger partial charge in [-0.05, 0) is 24.8 Å². The predicted molar refractivity (Wildman–Crippen MR) is 59.1 cm³/mol. The molecule has 1 atom stereocenters. The molecule has 0 spiro atoms. The molecule has 14 heavy (non-hydrogen) atoms. The van der Waals surface area contributed by atoms with Crippen LogP contribution >= 0.6 is 0 Å². The summed E-state index contributed by atoms with van der Waals surface area (Å²) in [4.78, 5) is 0. The number of aryl methyl sites for hydroxylation is 1. The molecule has 1 rings (SSSR count). The van der Waals surface area contributed by atoms with Crippen molar-refractivity contribution in [2.75, 3.05) is 6.54 Å². The van der Waals surface area contributed by atoms with Gasteiger partial charge in [-0.2, -0.15) is 0 Å². The predicted octanol–water partition coefficient (Wildman–Crippen LogP) is 1.72. The highest BCUT2D eigenvalue weighted by Crippen LogP contribution is 2.16. The molecule has 0 heterocycles. The van der Waals surface area contributed by atoms with Crippen LogP contribution in [0.5, 0.6) is 0 Å². The van der Waals surface area contributed by atoms with Crippen LogP contribution in [0, 0.1) is 0 Å². The summed E-state index contributed by atoms with van der Waals surface area (Å²) in [6, 6.07) is 10.2. The molecule has 0 amide bonds. The summed E-state index contributed by atoms with van der Waals surface area (Å²) < 4.78 is 0. The Morgan fingerprint density at radius 2 is 1.93 bits per heavy atom. The van der Waals surface area contributed by atoms with Crippen molar-refractivity contribution >= 4 is 0 Å². The fourth-order valence-corrected chi connectivity index (χ4v) is 1.44. The molecule has 0 fully saturated rings. The molecule has 0 aliphatic rings.